The number of benzene rings is 1. The van der Waals surface area contributed by atoms with Crippen LogP contribution < -0.4 is 15.2 Å². The second kappa shape index (κ2) is 3.65. The predicted octanol–water partition coefficient (Wildman–Crippen LogP) is 1.06. The van der Waals surface area contributed by atoms with E-state index in [0.29, 0.717) is 22.1 Å². The van der Waals surface area contributed by atoms with E-state index in [0.717, 1.165) is 0 Å². The van der Waals surface area contributed by atoms with E-state index in [-0.39, 0.29) is 13.4 Å². The number of ether oxygens (including phenoxy) is 2. The highest BCUT2D eigenvalue weighted by Crippen LogP contribution is 2.38. The number of hydrogen-bond donors (Lipinski definition) is 2. The molecule has 1 aromatic rings. The Morgan fingerprint density at radius 3 is 2.71 bits per heavy atom. The van der Waals surface area contributed by atoms with Gasteiger partial charge in [-0.1, -0.05) is 11.6 Å². The minimum atomic E-state index is -0.489. The first-order chi connectivity index (χ1) is 6.72. The average Bonchev–Trinajstić information content (AvgIpc) is 2.62. The topological polar surface area (TPSA) is 64.7 Å². The zero-order valence-corrected chi connectivity index (χ0v) is 8.12. The molecule has 0 radical (unpaired) electrons. The van der Waals surface area contributed by atoms with Gasteiger partial charge in [0, 0.05) is 11.1 Å². The molecule has 14 heavy (non-hydrogen) atoms. The van der Waals surface area contributed by atoms with Crippen molar-refractivity contribution < 1.29 is 14.6 Å². The molecule has 0 spiro atoms. The van der Waals surface area contributed by atoms with E-state index in [1.807, 2.05) is 0 Å². The number of nitrogens with two attached hydrogens (primary N) is 1. The van der Waals surface area contributed by atoms with E-state index in [9.17, 15) is 0 Å². The number of aliphatic hydroxyl groups is 1. The van der Waals surface area contributed by atoms with Gasteiger partial charge in [-0.15, -0.1) is 0 Å². The summed E-state index contributed by atoms with van der Waals surface area (Å²) < 4.78 is 10.3. The van der Waals surface area contributed by atoms with E-state index >= 15 is 0 Å². The number of rotatable bonds is 2. The Morgan fingerprint density at radius 1 is 1.43 bits per heavy atom. The number of aliphatic hydroxyl groups excluding tert-OH is 1. The van der Waals surface area contributed by atoms with Crippen molar-refractivity contribution >= 4 is 11.6 Å². The summed E-state index contributed by atoms with van der Waals surface area (Å²) in [5, 5.41) is 9.39. The van der Waals surface area contributed by atoms with E-state index in [2.05, 4.69) is 0 Å². The van der Waals surface area contributed by atoms with Crippen LogP contribution in [0, 0.1) is 0 Å². The zero-order chi connectivity index (χ0) is 10.1. The van der Waals surface area contributed by atoms with Crippen LogP contribution in [0.15, 0.2) is 12.1 Å². The second-order valence-electron chi connectivity index (χ2n) is 3.02. The van der Waals surface area contributed by atoms with Gasteiger partial charge in [0.25, 0.3) is 0 Å². The largest absolute Gasteiger partial charge is 0.454 e. The summed E-state index contributed by atoms with van der Waals surface area (Å²) in [4.78, 5) is 0. The Morgan fingerprint density at radius 2 is 2.07 bits per heavy atom. The molecule has 5 heteroatoms. The molecule has 0 aliphatic carbocycles. The first-order valence-corrected chi connectivity index (χ1v) is 4.55. The summed E-state index contributed by atoms with van der Waals surface area (Å²) in [6, 6.07) is 2.86. The van der Waals surface area contributed by atoms with Crippen molar-refractivity contribution in [3.8, 4) is 11.5 Å². The molecule has 1 unspecified atom stereocenters. The van der Waals surface area contributed by atoms with Gasteiger partial charge in [0.15, 0.2) is 11.5 Å². The quantitative estimate of drug-likeness (QED) is 0.775. The van der Waals surface area contributed by atoms with Crippen LogP contribution in [0.1, 0.15) is 11.6 Å². The predicted molar refractivity (Wildman–Crippen MR) is 51.6 cm³/mol. The maximum atomic E-state index is 8.91. The molecule has 1 aliphatic rings. The van der Waals surface area contributed by atoms with Gasteiger partial charge in [0.2, 0.25) is 6.79 Å². The maximum absolute atomic E-state index is 8.91. The third-order valence-electron chi connectivity index (χ3n) is 2.09. The summed E-state index contributed by atoms with van der Waals surface area (Å²) >= 11 is 5.95. The first-order valence-electron chi connectivity index (χ1n) is 4.18. The Labute approximate surface area is 86.2 Å². The molecule has 1 heterocycles. The van der Waals surface area contributed by atoms with Crippen LogP contribution in [0.4, 0.5) is 0 Å². The highest BCUT2D eigenvalue weighted by atomic mass is 35.5. The van der Waals surface area contributed by atoms with Gasteiger partial charge in [-0.3, -0.25) is 0 Å². The highest BCUT2D eigenvalue weighted by Gasteiger charge is 2.19. The molecule has 0 saturated heterocycles. The molecule has 1 aliphatic heterocycles. The van der Waals surface area contributed by atoms with Crippen molar-refractivity contribution in [1.29, 1.82) is 0 Å². The number of fused-ring (bicyclic) bond motifs is 1. The maximum Gasteiger partial charge on any atom is 0.231 e. The van der Waals surface area contributed by atoms with Crippen molar-refractivity contribution in [2.75, 3.05) is 13.4 Å². The highest BCUT2D eigenvalue weighted by molar-refractivity contribution is 6.31. The molecule has 2 rings (SSSR count). The summed E-state index contributed by atoms with van der Waals surface area (Å²) in [7, 11) is 0. The lowest BCUT2D eigenvalue weighted by molar-refractivity contribution is 0.174. The monoisotopic (exact) mass is 215 g/mol. The van der Waals surface area contributed by atoms with Crippen LogP contribution in [0.5, 0.6) is 11.5 Å². The fourth-order valence-electron chi connectivity index (χ4n) is 1.32. The van der Waals surface area contributed by atoms with Crippen molar-refractivity contribution in [2.45, 2.75) is 6.04 Å². The molecule has 4 nitrogen and oxygen atoms in total. The van der Waals surface area contributed by atoms with Crippen molar-refractivity contribution in [1.82, 2.24) is 0 Å². The molecule has 0 bridgehead atoms. The lowest BCUT2D eigenvalue weighted by atomic mass is 10.1. The fraction of sp³-hybridized carbons (Fsp3) is 0.333. The third-order valence-corrected chi connectivity index (χ3v) is 2.42. The minimum absolute atomic E-state index is 0.153. The number of hydrogen-bond acceptors (Lipinski definition) is 4. The van der Waals surface area contributed by atoms with E-state index in [1.165, 1.54) is 0 Å². The van der Waals surface area contributed by atoms with Crippen LogP contribution in [0.25, 0.3) is 0 Å². The molecular weight excluding hydrogens is 206 g/mol. The average molecular weight is 216 g/mol. The Balaban J connectivity index is 2.42. The molecule has 0 aromatic heterocycles. The minimum Gasteiger partial charge on any atom is -0.454 e. The van der Waals surface area contributed by atoms with Crippen molar-refractivity contribution in [2.24, 2.45) is 5.73 Å². The summed E-state index contributed by atoms with van der Waals surface area (Å²) in [6.07, 6.45) is 0. The summed E-state index contributed by atoms with van der Waals surface area (Å²) in [5.41, 5.74) is 6.32. The lowest BCUT2D eigenvalue weighted by Gasteiger charge is -2.11. The van der Waals surface area contributed by atoms with Crippen LogP contribution in [-0.2, 0) is 0 Å². The smallest absolute Gasteiger partial charge is 0.231 e. The zero-order valence-electron chi connectivity index (χ0n) is 7.37. The first kappa shape index (κ1) is 9.58. The Bertz CT molecular complexity index is 356. The lowest BCUT2D eigenvalue weighted by Crippen LogP contribution is -2.14. The van der Waals surface area contributed by atoms with Gasteiger partial charge >= 0.3 is 0 Å². The molecule has 3 N–H and O–H groups in total. The van der Waals surface area contributed by atoms with Crippen molar-refractivity contribution in [3.63, 3.8) is 0 Å². The van der Waals surface area contributed by atoms with Gasteiger partial charge in [-0.2, -0.15) is 0 Å². The van der Waals surface area contributed by atoms with Gasteiger partial charge in [-0.25, -0.2) is 0 Å². The van der Waals surface area contributed by atoms with Gasteiger partial charge < -0.3 is 20.3 Å². The fourth-order valence-corrected chi connectivity index (χ4v) is 1.61. The van der Waals surface area contributed by atoms with Gasteiger partial charge in [0.05, 0.1) is 12.6 Å². The summed E-state index contributed by atoms with van der Waals surface area (Å²) in [5.74, 6) is 1.23. The second-order valence-corrected chi connectivity index (χ2v) is 3.42. The molecule has 1 aromatic carbocycles. The SMILES string of the molecule is NC(CO)c1cc2c(cc1Cl)OCO2. The Kier molecular flexibility index (Phi) is 2.50. The van der Waals surface area contributed by atoms with Crippen LogP contribution in [0.3, 0.4) is 0 Å². The Hall–Kier alpha value is -0.970. The van der Waals surface area contributed by atoms with Crippen LogP contribution >= 0.6 is 11.6 Å². The molecule has 1 atom stereocenters. The van der Waals surface area contributed by atoms with E-state index in [4.69, 9.17) is 31.9 Å². The third kappa shape index (κ3) is 1.52. The van der Waals surface area contributed by atoms with Gasteiger partial charge in [-0.05, 0) is 11.6 Å². The molecule has 0 fully saturated rings. The van der Waals surface area contributed by atoms with Crippen LogP contribution in [0.2, 0.25) is 5.02 Å². The molecule has 0 saturated carbocycles. The van der Waals surface area contributed by atoms with Gasteiger partial charge in [0.1, 0.15) is 0 Å². The molecule has 0 amide bonds. The van der Waals surface area contributed by atoms with Crippen molar-refractivity contribution in [3.05, 3.63) is 22.7 Å². The molecule has 76 valence electrons. The summed E-state index contributed by atoms with van der Waals surface area (Å²) in [6.45, 7) is 0.0445. The standard InChI is InChI=1S/C9H10ClNO3/c10-6-2-9-8(13-4-14-9)1-5(6)7(11)3-12/h1-2,7,12H,3-4,11H2. The number of halogens is 1. The van der Waals surface area contributed by atoms with Crippen LogP contribution in [-0.4, -0.2) is 18.5 Å². The van der Waals surface area contributed by atoms with E-state index < -0.39 is 6.04 Å². The normalized spacial score (nSPS) is 15.6. The van der Waals surface area contributed by atoms with E-state index in [1.54, 1.807) is 12.1 Å². The molecular formula is C9H10ClNO3.